The minimum Gasteiger partial charge on any atom is -0.374 e. The summed E-state index contributed by atoms with van der Waals surface area (Å²) < 4.78 is 7.45. The molecule has 1 unspecified atom stereocenters. The molecule has 0 saturated carbocycles. The number of carbonyl (C=O) groups excluding carboxylic acids is 1. The normalized spacial score (nSPS) is 11.9. The molecule has 1 N–H and O–H groups in total. The number of hydrogen-bond acceptors (Lipinski definition) is 3. The van der Waals surface area contributed by atoms with Crippen LogP contribution in [0.5, 0.6) is 0 Å². The highest BCUT2D eigenvalue weighted by molar-refractivity contribution is 5.93. The van der Waals surface area contributed by atoms with Crippen LogP contribution in [0.4, 0.5) is 0 Å². The Morgan fingerprint density at radius 1 is 1.12 bits per heavy atom. The van der Waals surface area contributed by atoms with Crippen LogP contribution in [0.3, 0.4) is 0 Å². The number of benzene rings is 2. The van der Waals surface area contributed by atoms with E-state index in [1.165, 1.54) is 0 Å². The van der Waals surface area contributed by atoms with Crippen molar-refractivity contribution in [3.63, 3.8) is 0 Å². The molecule has 5 heteroatoms. The number of nitrogens with zero attached hydrogens (tertiary/aromatic N) is 2. The highest BCUT2D eigenvalue weighted by atomic mass is 16.5. The van der Waals surface area contributed by atoms with E-state index in [0.29, 0.717) is 18.8 Å². The number of hydrogen-bond donors (Lipinski definition) is 1. The van der Waals surface area contributed by atoms with Gasteiger partial charge < -0.3 is 10.1 Å². The number of ether oxygens (including phenoxy) is 1. The monoisotopic (exact) mass is 335 g/mol. The van der Waals surface area contributed by atoms with Gasteiger partial charge in [-0.1, -0.05) is 60.7 Å². The summed E-state index contributed by atoms with van der Waals surface area (Å²) in [6.07, 6.45) is 3.25. The van der Waals surface area contributed by atoms with E-state index in [-0.39, 0.29) is 11.9 Å². The molecule has 0 aliphatic heterocycles. The molecule has 1 heterocycles. The van der Waals surface area contributed by atoms with Crippen molar-refractivity contribution in [1.82, 2.24) is 15.1 Å². The second-order valence-electron chi connectivity index (χ2n) is 5.84. The number of amides is 1. The fourth-order valence-corrected chi connectivity index (χ4v) is 2.56. The van der Waals surface area contributed by atoms with Crippen molar-refractivity contribution in [2.45, 2.75) is 12.6 Å². The SMILES string of the molecule is Cn1cc(C(=O)NC(COCc2ccccc2)c2ccccc2)cn1. The summed E-state index contributed by atoms with van der Waals surface area (Å²) in [5.74, 6) is -0.162. The zero-order chi connectivity index (χ0) is 17.5. The van der Waals surface area contributed by atoms with Crippen molar-refractivity contribution >= 4 is 5.91 Å². The standard InChI is InChI=1S/C20H21N3O2/c1-23-13-18(12-21-23)20(24)22-19(17-10-6-3-7-11-17)15-25-14-16-8-4-2-5-9-16/h2-13,19H,14-15H2,1H3,(H,22,24). The van der Waals surface area contributed by atoms with E-state index in [9.17, 15) is 4.79 Å². The predicted octanol–water partition coefficient (Wildman–Crippen LogP) is 3.11. The molecule has 0 saturated heterocycles. The lowest BCUT2D eigenvalue weighted by Crippen LogP contribution is -2.31. The van der Waals surface area contributed by atoms with Crippen LogP contribution in [0, 0.1) is 0 Å². The molecule has 3 aromatic rings. The summed E-state index contributed by atoms with van der Waals surface area (Å²) in [5, 5.41) is 7.08. The number of carbonyl (C=O) groups is 1. The Bertz CT molecular complexity index is 800. The zero-order valence-corrected chi connectivity index (χ0v) is 14.1. The Hall–Kier alpha value is -2.92. The molecule has 0 aliphatic carbocycles. The highest BCUT2D eigenvalue weighted by Crippen LogP contribution is 2.15. The lowest BCUT2D eigenvalue weighted by molar-refractivity contribution is 0.0797. The van der Waals surface area contributed by atoms with Crippen LogP contribution in [-0.4, -0.2) is 22.3 Å². The van der Waals surface area contributed by atoms with Crippen LogP contribution in [0.25, 0.3) is 0 Å². The van der Waals surface area contributed by atoms with Gasteiger partial charge in [-0.25, -0.2) is 0 Å². The van der Waals surface area contributed by atoms with Crippen molar-refractivity contribution in [2.75, 3.05) is 6.61 Å². The fraction of sp³-hybridized carbons (Fsp3) is 0.200. The lowest BCUT2D eigenvalue weighted by Gasteiger charge is -2.19. The van der Waals surface area contributed by atoms with Crippen molar-refractivity contribution in [3.05, 3.63) is 89.7 Å². The molecular formula is C20H21N3O2. The first-order valence-electron chi connectivity index (χ1n) is 8.18. The van der Waals surface area contributed by atoms with Crippen LogP contribution >= 0.6 is 0 Å². The summed E-state index contributed by atoms with van der Waals surface area (Å²) in [4.78, 5) is 12.5. The summed E-state index contributed by atoms with van der Waals surface area (Å²) in [6.45, 7) is 0.901. The van der Waals surface area contributed by atoms with Crippen LogP contribution in [-0.2, 0) is 18.4 Å². The van der Waals surface area contributed by atoms with Gasteiger partial charge in [0.05, 0.1) is 31.0 Å². The Morgan fingerprint density at radius 2 is 1.80 bits per heavy atom. The van der Waals surface area contributed by atoms with Gasteiger partial charge in [0.2, 0.25) is 0 Å². The molecule has 0 fully saturated rings. The lowest BCUT2D eigenvalue weighted by atomic mass is 10.1. The average molecular weight is 335 g/mol. The second-order valence-corrected chi connectivity index (χ2v) is 5.84. The third-order valence-corrected chi connectivity index (χ3v) is 3.87. The Morgan fingerprint density at radius 3 is 2.44 bits per heavy atom. The van der Waals surface area contributed by atoms with E-state index >= 15 is 0 Å². The molecule has 25 heavy (non-hydrogen) atoms. The summed E-state index contributed by atoms with van der Waals surface area (Å²) >= 11 is 0. The Balaban J connectivity index is 1.66. The maximum Gasteiger partial charge on any atom is 0.255 e. The molecule has 0 bridgehead atoms. The maximum atomic E-state index is 12.5. The average Bonchev–Trinajstić information content (AvgIpc) is 3.09. The molecule has 3 rings (SSSR count). The third-order valence-electron chi connectivity index (χ3n) is 3.87. The summed E-state index contributed by atoms with van der Waals surface area (Å²) in [5.41, 5.74) is 2.65. The molecule has 128 valence electrons. The number of aromatic nitrogens is 2. The molecule has 1 aromatic heterocycles. The summed E-state index contributed by atoms with van der Waals surface area (Å²) in [7, 11) is 1.79. The molecule has 0 aliphatic rings. The summed E-state index contributed by atoms with van der Waals surface area (Å²) in [6, 6.07) is 19.6. The zero-order valence-electron chi connectivity index (χ0n) is 14.1. The van der Waals surface area contributed by atoms with Crippen molar-refractivity contribution < 1.29 is 9.53 Å². The fourth-order valence-electron chi connectivity index (χ4n) is 2.56. The molecule has 0 spiro atoms. The first kappa shape index (κ1) is 16.9. The van der Waals surface area contributed by atoms with E-state index in [1.807, 2.05) is 60.7 Å². The third kappa shape index (κ3) is 4.78. The smallest absolute Gasteiger partial charge is 0.255 e. The first-order valence-corrected chi connectivity index (χ1v) is 8.18. The van der Waals surface area contributed by atoms with Gasteiger partial charge in [-0.15, -0.1) is 0 Å². The number of nitrogens with one attached hydrogen (secondary N) is 1. The van der Waals surface area contributed by atoms with Gasteiger partial charge in [-0.05, 0) is 11.1 Å². The van der Waals surface area contributed by atoms with Gasteiger partial charge in [-0.3, -0.25) is 9.48 Å². The molecule has 1 atom stereocenters. The van der Waals surface area contributed by atoms with E-state index in [4.69, 9.17) is 4.74 Å². The first-order chi connectivity index (χ1) is 12.2. The van der Waals surface area contributed by atoms with Crippen molar-refractivity contribution in [2.24, 2.45) is 7.05 Å². The van der Waals surface area contributed by atoms with E-state index < -0.39 is 0 Å². The molecular weight excluding hydrogens is 314 g/mol. The molecule has 2 aromatic carbocycles. The van der Waals surface area contributed by atoms with Crippen LogP contribution in [0.1, 0.15) is 27.5 Å². The van der Waals surface area contributed by atoms with Gasteiger partial charge in [0.25, 0.3) is 5.91 Å². The minimum absolute atomic E-state index is 0.162. The maximum absolute atomic E-state index is 12.5. The Kier molecular flexibility index (Phi) is 5.59. The van der Waals surface area contributed by atoms with Crippen LogP contribution in [0.15, 0.2) is 73.1 Å². The van der Waals surface area contributed by atoms with Gasteiger partial charge in [-0.2, -0.15) is 5.10 Å². The quantitative estimate of drug-likeness (QED) is 0.722. The molecule has 1 amide bonds. The van der Waals surface area contributed by atoms with Gasteiger partial charge in [0.1, 0.15) is 0 Å². The largest absolute Gasteiger partial charge is 0.374 e. The molecule has 5 nitrogen and oxygen atoms in total. The van der Waals surface area contributed by atoms with E-state index in [2.05, 4.69) is 10.4 Å². The second kappa shape index (κ2) is 8.26. The van der Waals surface area contributed by atoms with Crippen LogP contribution in [0.2, 0.25) is 0 Å². The van der Waals surface area contributed by atoms with Crippen LogP contribution < -0.4 is 5.32 Å². The number of aryl methyl sites for hydroxylation is 1. The molecule has 0 radical (unpaired) electrons. The number of rotatable bonds is 7. The van der Waals surface area contributed by atoms with Gasteiger partial charge in [0.15, 0.2) is 0 Å². The van der Waals surface area contributed by atoms with E-state index in [1.54, 1.807) is 24.1 Å². The Labute approximate surface area is 147 Å². The van der Waals surface area contributed by atoms with Gasteiger partial charge >= 0.3 is 0 Å². The van der Waals surface area contributed by atoms with E-state index in [0.717, 1.165) is 11.1 Å². The topological polar surface area (TPSA) is 56.2 Å². The highest BCUT2D eigenvalue weighted by Gasteiger charge is 2.17. The van der Waals surface area contributed by atoms with Crippen molar-refractivity contribution in [1.29, 1.82) is 0 Å². The minimum atomic E-state index is -0.224. The van der Waals surface area contributed by atoms with Gasteiger partial charge in [0, 0.05) is 13.2 Å². The van der Waals surface area contributed by atoms with Crippen molar-refractivity contribution in [3.8, 4) is 0 Å². The predicted molar refractivity (Wildman–Crippen MR) is 96.0 cm³/mol.